The molecule has 0 saturated carbocycles. The third kappa shape index (κ3) is 3.15. The summed E-state index contributed by atoms with van der Waals surface area (Å²) >= 11 is 0. The predicted octanol–water partition coefficient (Wildman–Crippen LogP) is 2.27. The Hall–Kier alpha value is -1.72. The van der Waals surface area contributed by atoms with Crippen LogP contribution in [0.25, 0.3) is 10.4 Å². The molecule has 0 N–H and O–H groups in total. The molecule has 6 nitrogen and oxygen atoms in total. The zero-order chi connectivity index (χ0) is 12.8. The highest BCUT2D eigenvalue weighted by Crippen LogP contribution is 2.31. The minimum Gasteiger partial charge on any atom is -0.490 e. The zero-order valence-electron chi connectivity index (χ0n) is 9.74. The quantitative estimate of drug-likeness (QED) is 0.476. The number of ether oxygens (including phenoxy) is 2. The monoisotopic (exact) mass is 267 g/mol. The van der Waals surface area contributed by atoms with Crippen LogP contribution in [-0.2, 0) is 10.8 Å². The molecular weight excluding hydrogens is 254 g/mol. The lowest BCUT2D eigenvalue weighted by molar-refractivity contribution is 0.297. The van der Waals surface area contributed by atoms with Gasteiger partial charge in [-0.15, -0.1) is 0 Å². The molecule has 0 saturated heterocycles. The number of nitrogens with zero attached hydrogens (tertiary/aromatic N) is 3. The molecule has 1 aromatic rings. The molecule has 1 atom stereocenters. The Kier molecular flexibility index (Phi) is 4.44. The van der Waals surface area contributed by atoms with Gasteiger partial charge in [-0.1, -0.05) is 5.11 Å². The molecule has 7 heteroatoms. The Morgan fingerprint density at radius 1 is 1.33 bits per heavy atom. The molecule has 1 aliphatic heterocycles. The maximum absolute atomic E-state index is 11.9. The number of hydrogen-bond acceptors (Lipinski definition) is 4. The summed E-state index contributed by atoms with van der Waals surface area (Å²) in [6.45, 7) is 1.45. The Morgan fingerprint density at radius 2 is 2.11 bits per heavy atom. The van der Waals surface area contributed by atoms with E-state index in [-0.39, 0.29) is 6.54 Å². The van der Waals surface area contributed by atoms with Crippen LogP contribution < -0.4 is 9.47 Å². The average molecular weight is 267 g/mol. The van der Waals surface area contributed by atoms with Crippen molar-refractivity contribution in [3.05, 3.63) is 28.6 Å². The second kappa shape index (κ2) is 6.28. The Bertz CT molecular complexity index is 500. The third-order valence-corrected chi connectivity index (χ3v) is 3.75. The van der Waals surface area contributed by atoms with Crippen molar-refractivity contribution in [1.82, 2.24) is 0 Å². The van der Waals surface area contributed by atoms with E-state index in [0.717, 1.165) is 6.42 Å². The van der Waals surface area contributed by atoms with Crippen LogP contribution in [0, 0.1) is 0 Å². The fourth-order valence-corrected chi connectivity index (χ4v) is 2.51. The maximum atomic E-state index is 11.9. The standard InChI is InChI=1S/C11H13N3O3S/c12-14-13-4-7-18(15)9-2-3-10-11(8-9)17-6-1-5-16-10/h2-3,8H,1,4-7H2. The third-order valence-electron chi connectivity index (χ3n) is 2.42. The maximum Gasteiger partial charge on any atom is 0.162 e. The van der Waals surface area contributed by atoms with E-state index in [1.54, 1.807) is 18.2 Å². The van der Waals surface area contributed by atoms with E-state index in [2.05, 4.69) is 10.0 Å². The van der Waals surface area contributed by atoms with E-state index in [1.165, 1.54) is 0 Å². The molecule has 1 unspecified atom stereocenters. The van der Waals surface area contributed by atoms with E-state index in [9.17, 15) is 4.21 Å². The van der Waals surface area contributed by atoms with E-state index in [4.69, 9.17) is 15.0 Å². The van der Waals surface area contributed by atoms with Crippen LogP contribution in [0.1, 0.15) is 6.42 Å². The largest absolute Gasteiger partial charge is 0.490 e. The van der Waals surface area contributed by atoms with Crippen LogP contribution in [0.3, 0.4) is 0 Å². The van der Waals surface area contributed by atoms with Crippen LogP contribution in [0.15, 0.2) is 28.2 Å². The van der Waals surface area contributed by atoms with Gasteiger partial charge in [0.2, 0.25) is 0 Å². The van der Waals surface area contributed by atoms with Gasteiger partial charge < -0.3 is 9.47 Å². The van der Waals surface area contributed by atoms with Gasteiger partial charge in [-0.2, -0.15) is 0 Å². The molecular formula is C11H13N3O3S. The lowest BCUT2D eigenvalue weighted by atomic mass is 10.3. The molecule has 1 heterocycles. The van der Waals surface area contributed by atoms with E-state index in [0.29, 0.717) is 35.4 Å². The molecule has 0 radical (unpaired) electrons. The number of rotatable bonds is 4. The Morgan fingerprint density at radius 3 is 2.89 bits per heavy atom. The summed E-state index contributed by atoms with van der Waals surface area (Å²) in [6, 6.07) is 5.24. The van der Waals surface area contributed by atoms with Gasteiger partial charge in [0.25, 0.3) is 0 Å². The summed E-state index contributed by atoms with van der Waals surface area (Å²) in [5.41, 5.74) is 8.16. The van der Waals surface area contributed by atoms with E-state index in [1.807, 2.05) is 0 Å². The summed E-state index contributed by atoms with van der Waals surface area (Å²) in [6.07, 6.45) is 0.837. The predicted molar refractivity (Wildman–Crippen MR) is 67.3 cm³/mol. The van der Waals surface area contributed by atoms with Crippen molar-refractivity contribution in [3.8, 4) is 11.5 Å². The fourth-order valence-electron chi connectivity index (χ4n) is 1.57. The highest BCUT2D eigenvalue weighted by atomic mass is 32.2. The van der Waals surface area contributed by atoms with Crippen LogP contribution >= 0.6 is 0 Å². The molecule has 1 aliphatic rings. The molecule has 18 heavy (non-hydrogen) atoms. The molecule has 0 aliphatic carbocycles. The lowest BCUT2D eigenvalue weighted by Gasteiger charge is -2.08. The van der Waals surface area contributed by atoms with Crippen molar-refractivity contribution in [2.45, 2.75) is 11.3 Å². The molecule has 2 rings (SSSR count). The molecule has 0 spiro atoms. The van der Waals surface area contributed by atoms with Crippen LogP contribution in [0.4, 0.5) is 0 Å². The smallest absolute Gasteiger partial charge is 0.162 e. The van der Waals surface area contributed by atoms with Gasteiger partial charge in [0, 0.05) is 34.6 Å². The minimum atomic E-state index is -1.19. The SMILES string of the molecule is [N-]=[N+]=NCCS(=O)c1ccc2c(c1)OCCCO2. The summed E-state index contributed by atoms with van der Waals surface area (Å²) in [5.74, 6) is 1.62. The molecule has 0 bridgehead atoms. The van der Waals surface area contributed by atoms with Crippen molar-refractivity contribution in [1.29, 1.82) is 0 Å². The summed E-state index contributed by atoms with van der Waals surface area (Å²) in [7, 11) is -1.19. The van der Waals surface area contributed by atoms with E-state index >= 15 is 0 Å². The lowest BCUT2D eigenvalue weighted by Crippen LogP contribution is -2.02. The Balaban J connectivity index is 2.12. The first kappa shape index (κ1) is 12.7. The van der Waals surface area contributed by atoms with Gasteiger partial charge >= 0.3 is 0 Å². The number of fused-ring (bicyclic) bond motifs is 1. The number of hydrogen-bond donors (Lipinski definition) is 0. The van der Waals surface area contributed by atoms with Crippen molar-refractivity contribution >= 4 is 10.8 Å². The topological polar surface area (TPSA) is 84.3 Å². The van der Waals surface area contributed by atoms with Gasteiger partial charge in [-0.05, 0) is 17.7 Å². The fraction of sp³-hybridized carbons (Fsp3) is 0.455. The molecule has 0 amide bonds. The van der Waals surface area contributed by atoms with Gasteiger partial charge in [-0.3, -0.25) is 4.21 Å². The first-order valence-electron chi connectivity index (χ1n) is 5.60. The van der Waals surface area contributed by atoms with Crippen molar-refractivity contribution < 1.29 is 13.7 Å². The van der Waals surface area contributed by atoms with Gasteiger partial charge in [0.15, 0.2) is 11.5 Å². The first-order chi connectivity index (χ1) is 8.81. The molecule has 96 valence electrons. The number of azide groups is 1. The zero-order valence-corrected chi connectivity index (χ0v) is 10.6. The minimum absolute atomic E-state index is 0.220. The summed E-state index contributed by atoms with van der Waals surface area (Å²) < 4.78 is 22.9. The molecule has 1 aromatic carbocycles. The van der Waals surface area contributed by atoms with E-state index < -0.39 is 10.8 Å². The van der Waals surface area contributed by atoms with Crippen LogP contribution in [0.5, 0.6) is 11.5 Å². The summed E-state index contributed by atoms with van der Waals surface area (Å²) in [4.78, 5) is 3.29. The molecule has 0 fully saturated rings. The van der Waals surface area contributed by atoms with Gasteiger partial charge in [-0.25, -0.2) is 0 Å². The van der Waals surface area contributed by atoms with Crippen LogP contribution in [-0.4, -0.2) is 29.7 Å². The highest BCUT2D eigenvalue weighted by molar-refractivity contribution is 7.85. The second-order valence-electron chi connectivity index (χ2n) is 3.66. The Labute approximate surface area is 107 Å². The van der Waals surface area contributed by atoms with Gasteiger partial charge in [0.05, 0.1) is 24.0 Å². The van der Waals surface area contributed by atoms with Crippen molar-refractivity contribution in [2.24, 2.45) is 5.11 Å². The highest BCUT2D eigenvalue weighted by Gasteiger charge is 2.13. The van der Waals surface area contributed by atoms with Crippen molar-refractivity contribution in [3.63, 3.8) is 0 Å². The summed E-state index contributed by atoms with van der Waals surface area (Å²) in [5, 5.41) is 3.37. The average Bonchev–Trinajstić information content (AvgIpc) is 2.63. The first-order valence-corrected chi connectivity index (χ1v) is 6.92. The van der Waals surface area contributed by atoms with Gasteiger partial charge in [0.1, 0.15) is 0 Å². The second-order valence-corrected chi connectivity index (χ2v) is 5.23. The normalized spacial score (nSPS) is 15.3. The van der Waals surface area contributed by atoms with Crippen molar-refractivity contribution in [2.75, 3.05) is 25.5 Å². The number of benzene rings is 1. The van der Waals surface area contributed by atoms with Crippen LogP contribution in [0.2, 0.25) is 0 Å². The molecule has 0 aromatic heterocycles.